The number of amides is 1. The lowest BCUT2D eigenvalue weighted by Crippen LogP contribution is -2.33. The minimum absolute atomic E-state index is 0.00772. The Bertz CT molecular complexity index is 660. The van der Waals surface area contributed by atoms with E-state index in [2.05, 4.69) is 16.4 Å². The van der Waals surface area contributed by atoms with Gasteiger partial charge in [0, 0.05) is 17.0 Å². The van der Waals surface area contributed by atoms with E-state index < -0.39 is 0 Å². The largest absolute Gasteiger partial charge is 0.355 e. The van der Waals surface area contributed by atoms with Crippen molar-refractivity contribution in [3.63, 3.8) is 0 Å². The van der Waals surface area contributed by atoms with E-state index >= 15 is 0 Å². The fraction of sp³-hybridized carbons (Fsp3) is 0.438. The van der Waals surface area contributed by atoms with E-state index in [1.54, 1.807) is 0 Å². The van der Waals surface area contributed by atoms with E-state index in [4.69, 9.17) is 11.6 Å². The van der Waals surface area contributed by atoms with E-state index in [1.807, 2.05) is 26.0 Å². The van der Waals surface area contributed by atoms with Crippen LogP contribution in [0.15, 0.2) is 18.2 Å². The summed E-state index contributed by atoms with van der Waals surface area (Å²) in [7, 11) is 0. The topological polar surface area (TPSA) is 44.9 Å². The first-order chi connectivity index (χ1) is 9.58. The number of nitrogens with one attached hydrogen (secondary N) is 2. The molecule has 0 spiro atoms. The number of halogens is 1. The van der Waals surface area contributed by atoms with Crippen LogP contribution in [-0.4, -0.2) is 10.9 Å². The van der Waals surface area contributed by atoms with Crippen LogP contribution in [0.1, 0.15) is 44.0 Å². The van der Waals surface area contributed by atoms with Gasteiger partial charge in [-0.2, -0.15) is 0 Å². The summed E-state index contributed by atoms with van der Waals surface area (Å²) in [6, 6.07) is 6.06. The summed E-state index contributed by atoms with van der Waals surface area (Å²) in [5, 5.41) is 5.07. The molecule has 0 radical (unpaired) electrons. The highest BCUT2D eigenvalue weighted by atomic mass is 35.5. The second-order valence-corrected chi connectivity index (χ2v) is 6.19. The molecule has 1 atom stereocenters. The molecule has 20 heavy (non-hydrogen) atoms. The maximum atomic E-state index is 12.0. The van der Waals surface area contributed by atoms with Gasteiger partial charge in [0.25, 0.3) is 0 Å². The molecule has 1 aromatic heterocycles. The molecule has 0 unspecified atom stereocenters. The molecule has 2 aromatic rings. The molecule has 0 saturated heterocycles. The Balaban J connectivity index is 2.02. The van der Waals surface area contributed by atoms with Crippen molar-refractivity contribution in [2.75, 3.05) is 0 Å². The van der Waals surface area contributed by atoms with Crippen LogP contribution in [0.3, 0.4) is 0 Å². The van der Waals surface area contributed by atoms with Crippen LogP contribution in [0.25, 0.3) is 10.9 Å². The molecule has 106 valence electrons. The van der Waals surface area contributed by atoms with Gasteiger partial charge in [0.1, 0.15) is 0 Å². The van der Waals surface area contributed by atoms with Crippen LogP contribution in [0.4, 0.5) is 0 Å². The SMILES string of the molecule is CC(C)C(=O)N[C@H]1CCCc2c1[nH]c1c(Cl)cccc21. The maximum Gasteiger partial charge on any atom is 0.223 e. The quantitative estimate of drug-likeness (QED) is 0.863. The number of aryl methyl sites for hydroxylation is 1. The third-order valence-electron chi connectivity index (χ3n) is 4.03. The van der Waals surface area contributed by atoms with Crippen LogP contribution in [0, 0.1) is 5.92 Å². The Hall–Kier alpha value is -1.48. The number of rotatable bonds is 2. The van der Waals surface area contributed by atoms with Crippen molar-refractivity contribution in [2.45, 2.75) is 39.2 Å². The highest BCUT2D eigenvalue weighted by molar-refractivity contribution is 6.35. The highest BCUT2D eigenvalue weighted by Crippen LogP contribution is 2.36. The van der Waals surface area contributed by atoms with Crippen LogP contribution < -0.4 is 5.32 Å². The number of para-hydroxylation sites is 1. The number of benzene rings is 1. The molecule has 3 nitrogen and oxygen atoms in total. The smallest absolute Gasteiger partial charge is 0.223 e. The average Bonchev–Trinajstić information content (AvgIpc) is 2.80. The van der Waals surface area contributed by atoms with E-state index in [0.29, 0.717) is 0 Å². The van der Waals surface area contributed by atoms with Crippen LogP contribution in [0.2, 0.25) is 5.02 Å². The Kier molecular flexibility index (Phi) is 3.47. The molecule has 0 saturated carbocycles. The number of H-pyrrole nitrogens is 1. The fourth-order valence-electron chi connectivity index (χ4n) is 2.93. The Labute approximate surface area is 123 Å². The number of carbonyl (C=O) groups excluding carboxylic acids is 1. The van der Waals surface area contributed by atoms with Gasteiger partial charge < -0.3 is 10.3 Å². The number of carbonyl (C=O) groups is 1. The number of hydrogen-bond acceptors (Lipinski definition) is 1. The molecule has 2 N–H and O–H groups in total. The van der Waals surface area contributed by atoms with Gasteiger partial charge in [0.2, 0.25) is 5.91 Å². The van der Waals surface area contributed by atoms with Gasteiger partial charge in [-0.05, 0) is 30.9 Å². The third-order valence-corrected chi connectivity index (χ3v) is 4.35. The lowest BCUT2D eigenvalue weighted by molar-refractivity contribution is -0.124. The van der Waals surface area contributed by atoms with Crippen molar-refractivity contribution in [1.29, 1.82) is 0 Å². The Morgan fingerprint density at radius 2 is 2.25 bits per heavy atom. The zero-order chi connectivity index (χ0) is 14.3. The van der Waals surface area contributed by atoms with E-state index in [9.17, 15) is 4.79 Å². The van der Waals surface area contributed by atoms with E-state index in [-0.39, 0.29) is 17.9 Å². The summed E-state index contributed by atoms with van der Waals surface area (Å²) in [6.45, 7) is 3.84. The molecule has 1 aliphatic carbocycles. The van der Waals surface area contributed by atoms with Crippen molar-refractivity contribution >= 4 is 28.4 Å². The van der Waals surface area contributed by atoms with Crippen molar-refractivity contribution in [1.82, 2.24) is 10.3 Å². The number of fused-ring (bicyclic) bond motifs is 3. The molecule has 1 aromatic carbocycles. The van der Waals surface area contributed by atoms with Crippen molar-refractivity contribution in [3.05, 3.63) is 34.5 Å². The highest BCUT2D eigenvalue weighted by Gasteiger charge is 2.26. The molecule has 3 rings (SSSR count). The zero-order valence-corrected chi connectivity index (χ0v) is 12.6. The molecule has 1 aliphatic rings. The number of aromatic amines is 1. The van der Waals surface area contributed by atoms with Gasteiger partial charge in [-0.3, -0.25) is 4.79 Å². The second kappa shape index (κ2) is 5.13. The maximum absolute atomic E-state index is 12.0. The number of aromatic nitrogens is 1. The molecule has 1 heterocycles. The van der Waals surface area contributed by atoms with Gasteiger partial charge in [-0.25, -0.2) is 0 Å². The second-order valence-electron chi connectivity index (χ2n) is 5.79. The lowest BCUT2D eigenvalue weighted by Gasteiger charge is -2.24. The summed E-state index contributed by atoms with van der Waals surface area (Å²) in [5.74, 6) is 0.112. The Morgan fingerprint density at radius 1 is 1.45 bits per heavy atom. The molecular formula is C16H19ClN2O. The predicted octanol–water partition coefficient (Wildman–Crippen LogP) is 3.97. The minimum Gasteiger partial charge on any atom is -0.355 e. The summed E-state index contributed by atoms with van der Waals surface area (Å²) in [4.78, 5) is 15.4. The van der Waals surface area contributed by atoms with Crippen molar-refractivity contribution in [2.24, 2.45) is 5.92 Å². The van der Waals surface area contributed by atoms with E-state index in [1.165, 1.54) is 10.9 Å². The molecule has 0 aliphatic heterocycles. The van der Waals surface area contributed by atoms with Gasteiger partial charge in [0.05, 0.1) is 16.6 Å². The minimum atomic E-state index is 0.00772. The van der Waals surface area contributed by atoms with Crippen molar-refractivity contribution in [3.8, 4) is 0 Å². The normalized spacial score (nSPS) is 18.3. The lowest BCUT2D eigenvalue weighted by atomic mass is 9.91. The van der Waals surface area contributed by atoms with Gasteiger partial charge >= 0.3 is 0 Å². The van der Waals surface area contributed by atoms with Gasteiger partial charge in [-0.15, -0.1) is 0 Å². The fourth-order valence-corrected chi connectivity index (χ4v) is 3.16. The summed E-state index contributed by atoms with van der Waals surface area (Å²) < 4.78 is 0. The predicted molar refractivity (Wildman–Crippen MR) is 82.0 cm³/mol. The number of hydrogen-bond donors (Lipinski definition) is 2. The van der Waals surface area contributed by atoms with E-state index in [0.717, 1.165) is 35.5 Å². The average molecular weight is 291 g/mol. The zero-order valence-electron chi connectivity index (χ0n) is 11.8. The molecule has 4 heteroatoms. The first-order valence-electron chi connectivity index (χ1n) is 7.17. The Morgan fingerprint density at radius 3 is 3.00 bits per heavy atom. The summed E-state index contributed by atoms with van der Waals surface area (Å²) >= 11 is 6.26. The van der Waals surface area contributed by atoms with Crippen LogP contribution >= 0.6 is 11.6 Å². The summed E-state index contributed by atoms with van der Waals surface area (Å²) in [6.07, 6.45) is 3.12. The molecule has 0 fully saturated rings. The van der Waals surface area contributed by atoms with Crippen LogP contribution in [0.5, 0.6) is 0 Å². The molecule has 1 amide bonds. The standard InChI is InChI=1S/C16H19ClN2O/c1-9(2)16(20)18-13-8-4-6-11-10-5-3-7-12(17)14(10)19-15(11)13/h3,5,7,9,13,19H,4,6,8H2,1-2H3,(H,18,20)/t13-/m0/s1. The molecule has 0 bridgehead atoms. The molecular weight excluding hydrogens is 272 g/mol. The van der Waals surface area contributed by atoms with Gasteiger partial charge in [0.15, 0.2) is 0 Å². The van der Waals surface area contributed by atoms with Gasteiger partial charge in [-0.1, -0.05) is 37.6 Å². The van der Waals surface area contributed by atoms with Crippen molar-refractivity contribution < 1.29 is 4.79 Å². The monoisotopic (exact) mass is 290 g/mol. The summed E-state index contributed by atoms with van der Waals surface area (Å²) in [5.41, 5.74) is 3.43. The van der Waals surface area contributed by atoms with Crippen LogP contribution in [-0.2, 0) is 11.2 Å². The first kappa shape index (κ1) is 13.5. The first-order valence-corrected chi connectivity index (χ1v) is 7.55. The third kappa shape index (κ3) is 2.20.